The molecule has 31 heavy (non-hydrogen) atoms. The van der Waals surface area contributed by atoms with Crippen molar-refractivity contribution in [2.75, 3.05) is 6.61 Å². The van der Waals surface area contributed by atoms with E-state index in [-0.39, 0.29) is 19.8 Å². The van der Waals surface area contributed by atoms with Gasteiger partial charge in [-0.2, -0.15) is 0 Å². The standard InChI is InChI=1S/C26H28O5/c27-16-24(29-18-21-10-4-1-5-11-21)26(31-20-23-14-8-3-9-15-23)25(17-28)30-19-22-12-6-2-7-13-22/h1-16,24-26,28H,17-20H2/t24-,25-,26-/m1/s1. The van der Waals surface area contributed by atoms with Gasteiger partial charge in [0.2, 0.25) is 0 Å². The zero-order valence-electron chi connectivity index (χ0n) is 17.4. The molecule has 5 nitrogen and oxygen atoms in total. The maximum atomic E-state index is 11.9. The van der Waals surface area contributed by atoms with Gasteiger partial charge in [-0.1, -0.05) is 91.0 Å². The minimum Gasteiger partial charge on any atom is -0.394 e. The number of benzene rings is 3. The minimum atomic E-state index is -0.892. The lowest BCUT2D eigenvalue weighted by atomic mass is 10.1. The quantitative estimate of drug-likeness (QED) is 0.425. The Morgan fingerprint density at radius 3 is 1.48 bits per heavy atom. The average molecular weight is 421 g/mol. The number of aliphatic hydroxyl groups is 1. The number of rotatable bonds is 13. The number of carbonyl (C=O) groups excluding carboxylic acids is 1. The second-order valence-corrected chi connectivity index (χ2v) is 7.18. The van der Waals surface area contributed by atoms with Crippen molar-refractivity contribution in [2.24, 2.45) is 0 Å². The predicted molar refractivity (Wildman–Crippen MR) is 118 cm³/mol. The summed E-state index contributed by atoms with van der Waals surface area (Å²) in [4.78, 5) is 11.9. The van der Waals surface area contributed by atoms with Gasteiger partial charge in [0.1, 0.15) is 18.3 Å². The van der Waals surface area contributed by atoms with Crippen molar-refractivity contribution < 1.29 is 24.1 Å². The van der Waals surface area contributed by atoms with Crippen LogP contribution in [-0.4, -0.2) is 36.3 Å². The second-order valence-electron chi connectivity index (χ2n) is 7.18. The molecule has 0 bridgehead atoms. The van der Waals surface area contributed by atoms with Gasteiger partial charge in [0.25, 0.3) is 0 Å². The van der Waals surface area contributed by atoms with Crippen LogP contribution in [0.25, 0.3) is 0 Å². The first kappa shape index (κ1) is 22.8. The molecule has 3 atom stereocenters. The Morgan fingerprint density at radius 2 is 1.06 bits per heavy atom. The van der Waals surface area contributed by atoms with E-state index in [4.69, 9.17) is 14.2 Å². The van der Waals surface area contributed by atoms with E-state index < -0.39 is 18.3 Å². The van der Waals surface area contributed by atoms with E-state index in [0.29, 0.717) is 12.9 Å². The zero-order chi connectivity index (χ0) is 21.7. The normalized spacial score (nSPS) is 14.0. The maximum Gasteiger partial charge on any atom is 0.151 e. The van der Waals surface area contributed by atoms with Gasteiger partial charge in [-0.05, 0) is 16.7 Å². The number of carbonyl (C=O) groups is 1. The molecule has 3 aromatic rings. The molecule has 0 aromatic heterocycles. The van der Waals surface area contributed by atoms with Gasteiger partial charge >= 0.3 is 0 Å². The number of aldehydes is 1. The molecule has 0 saturated carbocycles. The molecule has 0 heterocycles. The number of hydrogen-bond donors (Lipinski definition) is 1. The molecule has 3 aromatic carbocycles. The molecule has 1 N–H and O–H groups in total. The fourth-order valence-corrected chi connectivity index (χ4v) is 3.19. The van der Waals surface area contributed by atoms with Gasteiger partial charge in [0, 0.05) is 0 Å². The largest absolute Gasteiger partial charge is 0.394 e. The summed E-state index contributed by atoms with van der Waals surface area (Å²) in [5.41, 5.74) is 2.87. The van der Waals surface area contributed by atoms with Crippen LogP contribution in [0, 0.1) is 0 Å². The van der Waals surface area contributed by atoms with Crippen LogP contribution < -0.4 is 0 Å². The Bertz CT molecular complexity index is 870. The lowest BCUT2D eigenvalue weighted by Crippen LogP contribution is -2.45. The zero-order valence-corrected chi connectivity index (χ0v) is 17.4. The van der Waals surface area contributed by atoms with Crippen molar-refractivity contribution in [3.63, 3.8) is 0 Å². The molecular weight excluding hydrogens is 392 g/mol. The van der Waals surface area contributed by atoms with Crippen LogP contribution >= 0.6 is 0 Å². The van der Waals surface area contributed by atoms with Gasteiger partial charge < -0.3 is 24.1 Å². The summed E-state index contributed by atoms with van der Waals surface area (Å²) in [6.07, 6.45) is -1.67. The molecule has 3 rings (SSSR count). The smallest absolute Gasteiger partial charge is 0.151 e. The van der Waals surface area contributed by atoms with Crippen molar-refractivity contribution in [3.8, 4) is 0 Å². The van der Waals surface area contributed by atoms with Gasteiger partial charge in [-0.25, -0.2) is 0 Å². The van der Waals surface area contributed by atoms with Crippen LogP contribution in [0.1, 0.15) is 16.7 Å². The third-order valence-electron chi connectivity index (χ3n) is 4.88. The van der Waals surface area contributed by atoms with Crippen LogP contribution in [0.3, 0.4) is 0 Å². The topological polar surface area (TPSA) is 65.0 Å². The average Bonchev–Trinajstić information content (AvgIpc) is 2.84. The molecular formula is C26H28O5. The lowest BCUT2D eigenvalue weighted by molar-refractivity contribution is -0.165. The number of hydrogen-bond acceptors (Lipinski definition) is 5. The molecule has 0 aliphatic rings. The van der Waals surface area contributed by atoms with Crippen molar-refractivity contribution >= 4 is 6.29 Å². The van der Waals surface area contributed by atoms with E-state index in [1.165, 1.54) is 0 Å². The van der Waals surface area contributed by atoms with Crippen LogP contribution in [0.4, 0.5) is 0 Å². The molecule has 0 fully saturated rings. The third kappa shape index (κ3) is 7.42. The van der Waals surface area contributed by atoms with Crippen molar-refractivity contribution in [2.45, 2.75) is 38.1 Å². The van der Waals surface area contributed by atoms with Crippen LogP contribution in [0.5, 0.6) is 0 Å². The molecule has 162 valence electrons. The second kappa shape index (κ2) is 12.8. The highest BCUT2D eigenvalue weighted by molar-refractivity contribution is 5.57. The minimum absolute atomic E-state index is 0.256. The van der Waals surface area contributed by atoms with Gasteiger partial charge in [0.05, 0.1) is 26.4 Å². The van der Waals surface area contributed by atoms with E-state index in [0.717, 1.165) is 16.7 Å². The van der Waals surface area contributed by atoms with Gasteiger partial charge in [0.15, 0.2) is 6.29 Å². The highest BCUT2D eigenvalue weighted by atomic mass is 16.6. The van der Waals surface area contributed by atoms with Crippen LogP contribution in [0.2, 0.25) is 0 Å². The highest BCUT2D eigenvalue weighted by Crippen LogP contribution is 2.17. The summed E-state index contributed by atoms with van der Waals surface area (Å²) in [7, 11) is 0. The van der Waals surface area contributed by atoms with Crippen molar-refractivity contribution in [1.82, 2.24) is 0 Å². The Kier molecular flexibility index (Phi) is 9.41. The lowest BCUT2D eigenvalue weighted by Gasteiger charge is -2.30. The van der Waals surface area contributed by atoms with E-state index in [9.17, 15) is 9.90 Å². The molecule has 0 aliphatic heterocycles. The third-order valence-corrected chi connectivity index (χ3v) is 4.88. The fraction of sp³-hybridized carbons (Fsp3) is 0.269. The van der Waals surface area contributed by atoms with E-state index in [1.54, 1.807) is 0 Å². The summed E-state index contributed by atoms with van der Waals surface area (Å²) in [5, 5.41) is 10.0. The Labute approximate surface area is 183 Å². The summed E-state index contributed by atoms with van der Waals surface area (Å²) in [6, 6.07) is 28.9. The first-order valence-electron chi connectivity index (χ1n) is 10.3. The summed E-state index contributed by atoms with van der Waals surface area (Å²) in [5.74, 6) is 0. The highest BCUT2D eigenvalue weighted by Gasteiger charge is 2.32. The van der Waals surface area contributed by atoms with E-state index >= 15 is 0 Å². The van der Waals surface area contributed by atoms with Gasteiger partial charge in [-0.15, -0.1) is 0 Å². The van der Waals surface area contributed by atoms with E-state index in [1.807, 2.05) is 91.0 Å². The Balaban J connectivity index is 1.71. The predicted octanol–water partition coefficient (Wildman–Crippen LogP) is 3.93. The number of aliphatic hydroxyl groups excluding tert-OH is 1. The maximum absolute atomic E-state index is 11.9. The Hall–Kier alpha value is -2.83. The SMILES string of the molecule is O=C[C@@H](OCc1ccccc1)[C@@H](OCc1ccccc1)[C@@H](CO)OCc1ccccc1. The number of ether oxygens (including phenoxy) is 3. The van der Waals surface area contributed by atoms with Crippen molar-refractivity contribution in [3.05, 3.63) is 108 Å². The molecule has 0 radical (unpaired) electrons. The molecule has 0 unspecified atom stereocenters. The van der Waals surface area contributed by atoms with Crippen molar-refractivity contribution in [1.29, 1.82) is 0 Å². The summed E-state index contributed by atoms with van der Waals surface area (Å²) >= 11 is 0. The molecule has 0 saturated heterocycles. The van der Waals surface area contributed by atoms with Crippen LogP contribution in [-0.2, 0) is 38.8 Å². The Morgan fingerprint density at radius 1 is 0.645 bits per heavy atom. The first-order valence-corrected chi connectivity index (χ1v) is 10.3. The molecule has 0 spiro atoms. The molecule has 0 amide bonds. The molecule has 5 heteroatoms. The monoisotopic (exact) mass is 420 g/mol. The van der Waals surface area contributed by atoms with Gasteiger partial charge in [-0.3, -0.25) is 0 Å². The first-order chi connectivity index (χ1) is 15.3. The van der Waals surface area contributed by atoms with E-state index in [2.05, 4.69) is 0 Å². The fourth-order valence-electron chi connectivity index (χ4n) is 3.19. The summed E-state index contributed by atoms with van der Waals surface area (Å²) in [6.45, 7) is 0.523. The molecule has 0 aliphatic carbocycles. The van der Waals surface area contributed by atoms with Crippen LogP contribution in [0.15, 0.2) is 91.0 Å². The summed E-state index contributed by atoms with van der Waals surface area (Å²) < 4.78 is 17.9.